The molecule has 0 aromatic heterocycles. The van der Waals surface area contributed by atoms with Gasteiger partial charge < -0.3 is 14.6 Å². The highest BCUT2D eigenvalue weighted by Gasteiger charge is 2.72. The van der Waals surface area contributed by atoms with Crippen molar-refractivity contribution in [2.45, 2.75) is 17.8 Å². The molecule has 0 saturated heterocycles. The molecule has 0 bridgehead atoms. The molecule has 0 atom stereocenters. The number of ketones is 2. The van der Waals surface area contributed by atoms with Gasteiger partial charge in [-0.05, 0) is 83.9 Å². The van der Waals surface area contributed by atoms with Crippen molar-refractivity contribution in [2.75, 3.05) is 0 Å². The summed E-state index contributed by atoms with van der Waals surface area (Å²) in [5.74, 6) is -23.2. The van der Waals surface area contributed by atoms with Gasteiger partial charge in [0.15, 0.2) is 46.5 Å². The van der Waals surface area contributed by atoms with Crippen LogP contribution in [0.1, 0.15) is 43.0 Å². The van der Waals surface area contributed by atoms with Crippen LogP contribution in [0.3, 0.4) is 0 Å². The van der Waals surface area contributed by atoms with E-state index in [1.165, 1.54) is 0 Å². The van der Waals surface area contributed by atoms with Gasteiger partial charge in [0.05, 0.1) is 0 Å². The maximum absolute atomic E-state index is 15.2. The predicted octanol–water partition coefficient (Wildman–Crippen LogP) is 12.0. The minimum Gasteiger partial charge on any atom is -0.508 e. The van der Waals surface area contributed by atoms with E-state index in [2.05, 4.69) is 0 Å². The van der Waals surface area contributed by atoms with E-state index in [4.69, 9.17) is 9.47 Å². The Hall–Kier alpha value is -6.92. The number of ether oxygens (including phenoxy) is 2. The van der Waals surface area contributed by atoms with Crippen LogP contribution in [-0.2, 0) is 5.41 Å². The summed E-state index contributed by atoms with van der Waals surface area (Å²) < 4.78 is 213. The van der Waals surface area contributed by atoms with Crippen LogP contribution >= 0.6 is 0 Å². The Bertz CT molecular complexity index is 2550. The fraction of sp³-hybridized carbons (Fsp3) is 0.0732. The molecular formula is C41H18F14O5. The molecule has 6 rings (SSSR count). The molecular weight excluding hydrogens is 838 g/mol. The summed E-state index contributed by atoms with van der Waals surface area (Å²) in [6.07, 6.45) is -12.1. The average Bonchev–Trinajstić information content (AvgIpc) is 3.19. The number of phenols is 1. The van der Waals surface area contributed by atoms with Gasteiger partial charge in [0.2, 0.25) is 22.8 Å². The number of phenolic OH excluding ortho intramolecular Hbond substituents is 1. The van der Waals surface area contributed by atoms with Crippen LogP contribution in [0, 0.1) is 46.5 Å². The number of aromatic hydroxyl groups is 1. The second-order valence-electron chi connectivity index (χ2n) is 12.5. The van der Waals surface area contributed by atoms with E-state index in [-0.39, 0.29) is 29.7 Å². The quantitative estimate of drug-likeness (QED) is 0.0844. The van der Waals surface area contributed by atoms with Gasteiger partial charge in [0.25, 0.3) is 0 Å². The first kappa shape index (κ1) is 42.7. The molecule has 0 radical (unpaired) electrons. The van der Waals surface area contributed by atoms with Gasteiger partial charge in [-0.3, -0.25) is 9.59 Å². The third-order valence-electron chi connectivity index (χ3n) is 8.92. The highest BCUT2D eigenvalue weighted by Crippen LogP contribution is 2.56. The molecule has 0 aliphatic heterocycles. The number of alkyl halides is 6. The topological polar surface area (TPSA) is 72.8 Å². The standard InChI is InChI=1S/C41H18F14O5/c42-26-17-27(43)31(45)28(30(26)44)36(57)18-1-11-23(12-2-18)59-24-13-3-19(4-14-24)37(58)29-32(46)34(48)38(35(49)33(29)47)60-25-15-7-21(8-16-25)39(40(50,51)52,41(53,54)55)20-5-9-22(56)10-6-20/h1-17,56H. The second kappa shape index (κ2) is 15.7. The lowest BCUT2D eigenvalue weighted by atomic mass is 9.73. The summed E-state index contributed by atoms with van der Waals surface area (Å²) in [5, 5.41) is 9.43. The van der Waals surface area contributed by atoms with Crippen LogP contribution in [-0.4, -0.2) is 29.0 Å². The van der Waals surface area contributed by atoms with Crippen molar-refractivity contribution in [1.82, 2.24) is 0 Å². The van der Waals surface area contributed by atoms with Gasteiger partial charge >= 0.3 is 12.4 Å². The molecule has 0 spiro atoms. The second-order valence-corrected chi connectivity index (χ2v) is 12.5. The molecule has 0 aliphatic rings. The summed E-state index contributed by atoms with van der Waals surface area (Å²) in [7, 11) is 0. The Balaban J connectivity index is 1.21. The Morgan fingerprint density at radius 3 is 1.15 bits per heavy atom. The fourth-order valence-corrected chi connectivity index (χ4v) is 6.03. The summed E-state index contributed by atoms with van der Waals surface area (Å²) in [6, 6.07) is 11.2. The molecule has 0 unspecified atom stereocenters. The van der Waals surface area contributed by atoms with Crippen LogP contribution in [0.5, 0.6) is 28.7 Å². The zero-order valence-corrected chi connectivity index (χ0v) is 29.2. The maximum Gasteiger partial charge on any atom is 0.411 e. The first-order valence-corrected chi connectivity index (χ1v) is 16.5. The molecule has 6 aromatic carbocycles. The van der Waals surface area contributed by atoms with Crippen LogP contribution in [0.4, 0.5) is 61.5 Å². The summed E-state index contributed by atoms with van der Waals surface area (Å²) in [5.41, 5.74) is -11.7. The largest absolute Gasteiger partial charge is 0.508 e. The van der Waals surface area contributed by atoms with Crippen molar-refractivity contribution in [1.29, 1.82) is 0 Å². The van der Waals surface area contributed by atoms with Crippen LogP contribution in [0.2, 0.25) is 0 Å². The zero-order valence-electron chi connectivity index (χ0n) is 29.2. The molecule has 60 heavy (non-hydrogen) atoms. The van der Waals surface area contributed by atoms with Crippen LogP contribution < -0.4 is 9.47 Å². The SMILES string of the molecule is O=C(c1ccc(Oc2ccc(C(=O)c3c(F)c(F)c(Oc4ccc(C(c5ccc(O)cc5)(C(F)(F)F)C(F)(F)F)cc4)c(F)c3F)cc2)cc1)c1c(F)c(F)cc(F)c1F. The van der Waals surface area contributed by atoms with Gasteiger partial charge in [-0.1, -0.05) is 24.3 Å². The number of benzene rings is 6. The van der Waals surface area contributed by atoms with E-state index in [0.717, 1.165) is 48.5 Å². The van der Waals surface area contributed by atoms with Gasteiger partial charge in [0, 0.05) is 17.2 Å². The van der Waals surface area contributed by atoms with Gasteiger partial charge in [-0.15, -0.1) is 0 Å². The predicted molar refractivity (Wildman–Crippen MR) is 180 cm³/mol. The smallest absolute Gasteiger partial charge is 0.411 e. The molecule has 0 heterocycles. The average molecular weight is 857 g/mol. The van der Waals surface area contributed by atoms with Crippen molar-refractivity contribution in [2.24, 2.45) is 0 Å². The maximum atomic E-state index is 15.2. The number of rotatable bonds is 10. The van der Waals surface area contributed by atoms with Crippen LogP contribution in [0.25, 0.3) is 0 Å². The van der Waals surface area contributed by atoms with E-state index < -0.39 is 127 Å². The van der Waals surface area contributed by atoms with E-state index in [9.17, 15) is 58.6 Å². The molecule has 19 heteroatoms. The molecule has 0 fully saturated rings. The monoisotopic (exact) mass is 856 g/mol. The number of carbonyl (C=O) groups is 2. The highest BCUT2D eigenvalue weighted by molar-refractivity contribution is 6.10. The minimum absolute atomic E-state index is 0.0548. The normalized spacial score (nSPS) is 12.0. The van der Waals surface area contributed by atoms with Crippen LogP contribution in [0.15, 0.2) is 103 Å². The number of hydrogen-bond donors (Lipinski definition) is 1. The zero-order chi connectivity index (χ0) is 44.1. The fourth-order valence-electron chi connectivity index (χ4n) is 6.03. The van der Waals surface area contributed by atoms with E-state index in [1.807, 2.05) is 0 Å². The molecule has 310 valence electrons. The van der Waals surface area contributed by atoms with Gasteiger partial charge in [-0.2, -0.15) is 35.1 Å². The summed E-state index contributed by atoms with van der Waals surface area (Å²) >= 11 is 0. The van der Waals surface area contributed by atoms with Gasteiger partial charge in [0.1, 0.15) is 34.1 Å². The molecule has 5 nitrogen and oxygen atoms in total. The Morgan fingerprint density at radius 2 is 0.767 bits per heavy atom. The van der Waals surface area contributed by atoms with E-state index in [0.29, 0.717) is 36.4 Å². The number of carbonyl (C=O) groups excluding carboxylic acids is 2. The highest BCUT2D eigenvalue weighted by atomic mass is 19.4. The lowest BCUT2D eigenvalue weighted by Gasteiger charge is -2.38. The third-order valence-corrected chi connectivity index (χ3v) is 8.92. The van der Waals surface area contributed by atoms with Crippen molar-refractivity contribution in [3.63, 3.8) is 0 Å². The van der Waals surface area contributed by atoms with E-state index >= 15 is 17.6 Å². The minimum atomic E-state index is -6.05. The van der Waals surface area contributed by atoms with Crippen molar-refractivity contribution < 1.29 is 85.6 Å². The third kappa shape index (κ3) is 7.46. The van der Waals surface area contributed by atoms with E-state index in [1.54, 1.807) is 0 Å². The summed E-state index contributed by atoms with van der Waals surface area (Å²) in [4.78, 5) is 25.6. The lowest BCUT2D eigenvalue weighted by molar-refractivity contribution is -0.288. The van der Waals surface area contributed by atoms with Crippen molar-refractivity contribution in [3.05, 3.63) is 183 Å². The molecule has 6 aromatic rings. The number of halogens is 14. The Kier molecular flexibility index (Phi) is 11.2. The first-order valence-electron chi connectivity index (χ1n) is 16.5. The van der Waals surface area contributed by atoms with Crippen molar-refractivity contribution >= 4 is 11.6 Å². The molecule has 1 N–H and O–H groups in total. The molecule has 0 saturated carbocycles. The Morgan fingerprint density at radius 1 is 0.433 bits per heavy atom. The number of hydrogen-bond acceptors (Lipinski definition) is 5. The summed E-state index contributed by atoms with van der Waals surface area (Å²) in [6.45, 7) is 0. The van der Waals surface area contributed by atoms with Gasteiger partial charge in [-0.25, -0.2) is 26.3 Å². The lowest BCUT2D eigenvalue weighted by Crippen LogP contribution is -2.54. The molecule has 0 amide bonds. The Labute approximate surface area is 326 Å². The molecule has 0 aliphatic carbocycles. The first-order chi connectivity index (χ1) is 28.1. The van der Waals surface area contributed by atoms with Crippen molar-refractivity contribution in [3.8, 4) is 28.7 Å².